The Morgan fingerprint density at radius 3 is 2.75 bits per heavy atom. The Balaban J connectivity index is 2.00. The molecule has 6 N–H and O–H groups in total. The zero-order valence-corrected chi connectivity index (χ0v) is 10.5. The van der Waals surface area contributed by atoms with Gasteiger partial charge in [0, 0.05) is 18.3 Å². The Morgan fingerprint density at radius 1 is 1.50 bits per heavy atom. The van der Waals surface area contributed by atoms with Gasteiger partial charge in [0.25, 0.3) is 0 Å². The van der Waals surface area contributed by atoms with Crippen LogP contribution < -0.4 is 5.32 Å². The molecule has 5 atom stereocenters. The fourth-order valence-electron chi connectivity index (χ4n) is 2.07. The van der Waals surface area contributed by atoms with Gasteiger partial charge in [0.05, 0.1) is 12.9 Å². The average molecular weight is 287 g/mol. The van der Waals surface area contributed by atoms with E-state index in [1.165, 1.54) is 12.5 Å². The van der Waals surface area contributed by atoms with E-state index in [2.05, 4.69) is 15.3 Å². The van der Waals surface area contributed by atoms with Gasteiger partial charge in [-0.15, -0.1) is 0 Å². The number of H-pyrrole nitrogens is 1. The number of hydrogen-bond acceptors (Lipinski definition) is 7. The van der Waals surface area contributed by atoms with E-state index in [9.17, 15) is 15.0 Å². The van der Waals surface area contributed by atoms with Crippen molar-refractivity contribution in [3.05, 3.63) is 18.2 Å². The van der Waals surface area contributed by atoms with Crippen molar-refractivity contribution in [3.8, 4) is 0 Å². The van der Waals surface area contributed by atoms with Crippen LogP contribution in [0.15, 0.2) is 12.5 Å². The summed E-state index contributed by atoms with van der Waals surface area (Å²) in [6.07, 6.45) is -1.54. The van der Waals surface area contributed by atoms with Gasteiger partial charge in [-0.1, -0.05) is 0 Å². The van der Waals surface area contributed by atoms with Crippen LogP contribution in [-0.2, 0) is 16.0 Å². The lowest BCUT2D eigenvalue weighted by Crippen LogP contribution is -2.49. The van der Waals surface area contributed by atoms with Gasteiger partial charge >= 0.3 is 5.97 Å². The van der Waals surface area contributed by atoms with Crippen molar-refractivity contribution in [1.29, 1.82) is 0 Å². The predicted octanol–water partition coefficient (Wildman–Crippen LogP) is -2.57. The number of imidazole rings is 1. The fourth-order valence-corrected chi connectivity index (χ4v) is 2.07. The fraction of sp³-hybridized carbons (Fsp3) is 0.636. The third-order valence-corrected chi connectivity index (χ3v) is 3.18. The Bertz CT molecular complexity index is 439. The molecule has 20 heavy (non-hydrogen) atoms. The number of carboxylic acids is 1. The highest BCUT2D eigenvalue weighted by Crippen LogP contribution is 2.20. The Hall–Kier alpha value is -1.52. The summed E-state index contributed by atoms with van der Waals surface area (Å²) in [6, 6.07) is -1.03. The van der Waals surface area contributed by atoms with Crippen LogP contribution in [0.2, 0.25) is 0 Å². The molecule has 0 spiro atoms. The lowest BCUT2D eigenvalue weighted by Gasteiger charge is -2.21. The van der Waals surface area contributed by atoms with Gasteiger partial charge in [-0.2, -0.15) is 0 Å². The summed E-state index contributed by atoms with van der Waals surface area (Å²) in [6.45, 7) is -0.464. The van der Waals surface area contributed by atoms with E-state index in [0.717, 1.165) is 0 Å². The quantitative estimate of drug-likeness (QED) is 0.334. The summed E-state index contributed by atoms with van der Waals surface area (Å²) in [4.78, 5) is 17.8. The normalized spacial score (nSPS) is 31.4. The summed E-state index contributed by atoms with van der Waals surface area (Å²) in [5, 5.41) is 40.1. The van der Waals surface area contributed by atoms with E-state index in [1.54, 1.807) is 0 Å². The number of aliphatic hydroxyl groups is 3. The molecular weight excluding hydrogens is 270 g/mol. The van der Waals surface area contributed by atoms with Crippen molar-refractivity contribution < 1.29 is 30.0 Å². The average Bonchev–Trinajstić information content (AvgIpc) is 3.01. The molecule has 112 valence electrons. The van der Waals surface area contributed by atoms with Crippen LogP contribution in [0.4, 0.5) is 0 Å². The molecule has 1 aliphatic rings. The summed E-state index contributed by atoms with van der Waals surface area (Å²) >= 11 is 0. The molecule has 2 unspecified atom stereocenters. The largest absolute Gasteiger partial charge is 0.480 e. The van der Waals surface area contributed by atoms with Crippen molar-refractivity contribution in [1.82, 2.24) is 15.3 Å². The molecule has 0 radical (unpaired) electrons. The van der Waals surface area contributed by atoms with E-state index in [-0.39, 0.29) is 6.42 Å². The van der Waals surface area contributed by atoms with E-state index in [0.29, 0.717) is 5.69 Å². The number of aliphatic hydroxyl groups excluding tert-OH is 3. The summed E-state index contributed by atoms with van der Waals surface area (Å²) in [5.74, 6) is -1.13. The number of rotatable bonds is 6. The predicted molar refractivity (Wildman–Crippen MR) is 64.6 cm³/mol. The molecule has 0 amide bonds. The zero-order chi connectivity index (χ0) is 14.7. The monoisotopic (exact) mass is 287 g/mol. The van der Waals surface area contributed by atoms with Crippen LogP contribution in [0, 0.1) is 0 Å². The second-order valence-electron chi connectivity index (χ2n) is 4.60. The number of aliphatic carboxylic acids is 1. The number of nitrogens with one attached hydrogen (secondary N) is 2. The first-order valence-corrected chi connectivity index (χ1v) is 6.11. The molecule has 2 heterocycles. The van der Waals surface area contributed by atoms with E-state index in [4.69, 9.17) is 14.9 Å². The highest BCUT2D eigenvalue weighted by atomic mass is 16.6. The number of aromatic amines is 1. The van der Waals surface area contributed by atoms with Crippen LogP contribution in [0.25, 0.3) is 0 Å². The number of nitrogens with zero attached hydrogens (tertiary/aromatic N) is 1. The number of carbonyl (C=O) groups is 1. The minimum absolute atomic E-state index is 0.113. The lowest BCUT2D eigenvalue weighted by molar-refractivity contribution is -0.141. The van der Waals surface area contributed by atoms with E-state index < -0.39 is 43.2 Å². The molecule has 2 rings (SSSR count). The van der Waals surface area contributed by atoms with Crippen molar-refractivity contribution in [2.45, 2.75) is 37.0 Å². The number of ether oxygens (including phenoxy) is 1. The van der Waals surface area contributed by atoms with Gasteiger partial charge < -0.3 is 30.1 Å². The maximum Gasteiger partial charge on any atom is 0.321 e. The van der Waals surface area contributed by atoms with Crippen molar-refractivity contribution >= 4 is 5.97 Å². The molecule has 9 nitrogen and oxygen atoms in total. The van der Waals surface area contributed by atoms with E-state index in [1.807, 2.05) is 0 Å². The van der Waals surface area contributed by atoms with Gasteiger partial charge in [-0.3, -0.25) is 10.1 Å². The van der Waals surface area contributed by atoms with Crippen LogP contribution in [0.5, 0.6) is 0 Å². The van der Waals surface area contributed by atoms with Crippen LogP contribution >= 0.6 is 0 Å². The van der Waals surface area contributed by atoms with Gasteiger partial charge in [-0.25, -0.2) is 4.98 Å². The van der Waals surface area contributed by atoms with Crippen molar-refractivity contribution in [2.75, 3.05) is 6.61 Å². The molecule has 0 saturated carbocycles. The Kier molecular flexibility index (Phi) is 4.68. The van der Waals surface area contributed by atoms with Gasteiger partial charge in [-0.05, 0) is 0 Å². The summed E-state index contributed by atoms with van der Waals surface area (Å²) in [7, 11) is 0. The topological polar surface area (TPSA) is 148 Å². The highest BCUT2D eigenvalue weighted by Gasteiger charge is 2.43. The number of hydrogen-bond donors (Lipinski definition) is 6. The molecule has 0 aliphatic carbocycles. The van der Waals surface area contributed by atoms with Gasteiger partial charge in [0.1, 0.15) is 30.6 Å². The summed E-state index contributed by atoms with van der Waals surface area (Å²) < 4.78 is 5.18. The first kappa shape index (κ1) is 14.9. The van der Waals surface area contributed by atoms with Crippen LogP contribution in [-0.4, -0.2) is 73.6 Å². The second-order valence-corrected chi connectivity index (χ2v) is 4.60. The smallest absolute Gasteiger partial charge is 0.321 e. The summed E-state index contributed by atoms with van der Waals surface area (Å²) in [5.41, 5.74) is 0.608. The standard InChI is InChI=1S/C11H17N3O6/c15-3-7-8(16)9(17)10(20-7)14-6(11(18)19)1-5-2-12-4-13-5/h2,4,6-10,14-17H,1,3H2,(H,12,13)(H,18,19)/t6?,7-,8-,9-,10?/m1/s1. The van der Waals surface area contributed by atoms with Crippen molar-refractivity contribution in [2.24, 2.45) is 0 Å². The third kappa shape index (κ3) is 3.14. The lowest BCUT2D eigenvalue weighted by atomic mass is 10.1. The minimum Gasteiger partial charge on any atom is -0.480 e. The van der Waals surface area contributed by atoms with Crippen molar-refractivity contribution in [3.63, 3.8) is 0 Å². The zero-order valence-electron chi connectivity index (χ0n) is 10.5. The van der Waals surface area contributed by atoms with Crippen LogP contribution in [0.3, 0.4) is 0 Å². The minimum atomic E-state index is -1.31. The molecule has 1 aromatic rings. The first-order chi connectivity index (χ1) is 9.52. The first-order valence-electron chi connectivity index (χ1n) is 6.11. The third-order valence-electron chi connectivity index (χ3n) is 3.18. The molecule has 0 bridgehead atoms. The number of aromatic nitrogens is 2. The maximum atomic E-state index is 11.2. The Morgan fingerprint density at radius 2 is 2.25 bits per heavy atom. The maximum absolute atomic E-state index is 11.2. The van der Waals surface area contributed by atoms with Crippen LogP contribution in [0.1, 0.15) is 5.69 Å². The molecule has 0 aromatic carbocycles. The Labute approximate surface area is 114 Å². The second kappa shape index (κ2) is 6.29. The molecule has 1 aromatic heterocycles. The molecular formula is C11H17N3O6. The molecule has 9 heteroatoms. The molecule has 1 fully saturated rings. The molecule has 1 saturated heterocycles. The van der Waals surface area contributed by atoms with Gasteiger partial charge in [0.15, 0.2) is 0 Å². The van der Waals surface area contributed by atoms with Gasteiger partial charge in [0.2, 0.25) is 0 Å². The molecule has 1 aliphatic heterocycles. The highest BCUT2D eigenvalue weighted by molar-refractivity contribution is 5.73. The number of carboxylic acid groups (broad SMARTS) is 1. The van der Waals surface area contributed by atoms with E-state index >= 15 is 0 Å². The SMILES string of the molecule is O=C(O)C(Cc1cnc[nH]1)NC1O[C@H](CO)[C@@H](O)[C@H]1O.